The fraction of sp³-hybridized carbons (Fsp3) is 0.857. The minimum absolute atomic E-state index is 0.0249. The molecule has 9 heteroatoms. The number of rotatable bonds is 6. The topological polar surface area (TPSA) is 89.9 Å². The van der Waals surface area contributed by atoms with Gasteiger partial charge in [-0.2, -0.15) is 13.2 Å². The first-order chi connectivity index (χ1) is 10.5. The Labute approximate surface area is 132 Å². The van der Waals surface area contributed by atoms with E-state index >= 15 is 0 Å². The van der Waals surface area contributed by atoms with Gasteiger partial charge in [0, 0.05) is 26.2 Å². The molecule has 6 nitrogen and oxygen atoms in total. The maximum Gasteiger partial charge on any atom is 0.394 e. The molecule has 1 aliphatic heterocycles. The third-order valence-electron chi connectivity index (χ3n) is 4.07. The van der Waals surface area contributed by atoms with Crippen molar-refractivity contribution in [3.63, 3.8) is 0 Å². The van der Waals surface area contributed by atoms with E-state index in [9.17, 15) is 22.8 Å². The van der Waals surface area contributed by atoms with Crippen LogP contribution in [0, 0.1) is 17.3 Å². The molecule has 1 heterocycles. The van der Waals surface area contributed by atoms with Crippen LogP contribution in [0.1, 0.15) is 26.7 Å². The van der Waals surface area contributed by atoms with E-state index in [1.807, 2.05) is 13.8 Å². The molecule has 0 aliphatic carbocycles. The Balaban J connectivity index is 2.63. The van der Waals surface area contributed by atoms with Crippen molar-refractivity contribution in [2.75, 3.05) is 26.2 Å². The molecule has 1 rings (SSSR count). The van der Waals surface area contributed by atoms with E-state index in [4.69, 9.17) is 10.2 Å². The Kier molecular flexibility index (Phi) is 6.26. The molecule has 134 valence electrons. The number of alkyl halides is 3. The summed E-state index contributed by atoms with van der Waals surface area (Å²) in [5, 5.41) is 20.3. The Morgan fingerprint density at radius 1 is 1.26 bits per heavy atom. The van der Waals surface area contributed by atoms with E-state index in [2.05, 4.69) is 5.32 Å². The number of carbonyl (C=O) groups excluding carboxylic acids is 1. The fourth-order valence-electron chi connectivity index (χ4n) is 2.62. The quantitative estimate of drug-likeness (QED) is 0.686. The monoisotopic (exact) mass is 340 g/mol. The average molecular weight is 340 g/mol. The van der Waals surface area contributed by atoms with Crippen molar-refractivity contribution in [2.45, 2.75) is 32.9 Å². The fourth-order valence-corrected chi connectivity index (χ4v) is 2.62. The second-order valence-corrected chi connectivity index (χ2v) is 6.65. The SMILES string of the molecule is CC(C)(CCCO)CNC(=O)N1C[C@@H](C(F)(F)F)[C@H](C(=O)O)C1. The smallest absolute Gasteiger partial charge is 0.394 e. The molecule has 3 N–H and O–H groups in total. The Morgan fingerprint density at radius 3 is 2.30 bits per heavy atom. The van der Waals surface area contributed by atoms with Gasteiger partial charge in [-0.3, -0.25) is 4.79 Å². The number of carbonyl (C=O) groups is 2. The second kappa shape index (κ2) is 7.37. The van der Waals surface area contributed by atoms with E-state index in [-0.39, 0.29) is 18.6 Å². The molecular weight excluding hydrogens is 317 g/mol. The highest BCUT2D eigenvalue weighted by Crippen LogP contribution is 2.37. The van der Waals surface area contributed by atoms with Crippen LogP contribution in [0.25, 0.3) is 0 Å². The summed E-state index contributed by atoms with van der Waals surface area (Å²) in [6.07, 6.45) is -3.45. The lowest BCUT2D eigenvalue weighted by atomic mass is 9.88. The summed E-state index contributed by atoms with van der Waals surface area (Å²) < 4.78 is 38.6. The molecule has 1 saturated heterocycles. The number of halogens is 3. The third-order valence-corrected chi connectivity index (χ3v) is 4.07. The molecule has 0 aromatic carbocycles. The highest BCUT2D eigenvalue weighted by atomic mass is 19.4. The zero-order chi connectivity index (χ0) is 17.8. The molecule has 1 aliphatic rings. The number of aliphatic hydroxyl groups is 1. The van der Waals surface area contributed by atoms with Gasteiger partial charge >= 0.3 is 18.2 Å². The van der Waals surface area contributed by atoms with Gasteiger partial charge in [0.25, 0.3) is 0 Å². The molecule has 2 amide bonds. The highest BCUT2D eigenvalue weighted by molar-refractivity contribution is 5.77. The number of nitrogens with zero attached hydrogens (tertiary/aromatic N) is 1. The zero-order valence-electron chi connectivity index (χ0n) is 13.2. The number of likely N-dealkylation sites (tertiary alicyclic amines) is 1. The molecule has 2 atom stereocenters. The van der Waals surface area contributed by atoms with E-state index in [1.165, 1.54) is 0 Å². The summed E-state index contributed by atoms with van der Waals surface area (Å²) in [4.78, 5) is 23.9. The van der Waals surface area contributed by atoms with Crippen LogP contribution in [0.2, 0.25) is 0 Å². The van der Waals surface area contributed by atoms with Crippen LogP contribution in [0.5, 0.6) is 0 Å². The number of aliphatic hydroxyl groups excluding tert-OH is 1. The standard InChI is InChI=1S/C14H23F3N2O4/c1-13(2,4-3-5-20)8-18-12(23)19-6-9(11(21)22)10(7-19)14(15,16)17/h9-10,20H,3-8H2,1-2H3,(H,18,23)(H,21,22)/t9-,10-/m1/s1. The summed E-state index contributed by atoms with van der Waals surface area (Å²) in [5.41, 5.74) is -0.312. The summed E-state index contributed by atoms with van der Waals surface area (Å²) in [7, 11) is 0. The maximum atomic E-state index is 12.9. The first kappa shape index (κ1) is 19.5. The van der Waals surface area contributed by atoms with Crippen LogP contribution in [0.15, 0.2) is 0 Å². The van der Waals surface area contributed by atoms with Gasteiger partial charge < -0.3 is 20.4 Å². The summed E-state index contributed by atoms with van der Waals surface area (Å²) in [5.74, 6) is -5.23. The molecule has 0 aromatic rings. The average Bonchev–Trinajstić information content (AvgIpc) is 2.88. The number of urea groups is 1. The minimum Gasteiger partial charge on any atom is -0.481 e. The van der Waals surface area contributed by atoms with Gasteiger partial charge in [0.2, 0.25) is 0 Å². The lowest BCUT2D eigenvalue weighted by Crippen LogP contribution is -2.43. The molecule has 23 heavy (non-hydrogen) atoms. The molecule has 0 radical (unpaired) electrons. The van der Waals surface area contributed by atoms with Gasteiger partial charge in [-0.1, -0.05) is 13.8 Å². The number of aliphatic carboxylic acids is 1. The van der Waals surface area contributed by atoms with Crippen LogP contribution in [-0.2, 0) is 4.79 Å². The zero-order valence-corrected chi connectivity index (χ0v) is 13.2. The van der Waals surface area contributed by atoms with Gasteiger partial charge in [-0.05, 0) is 18.3 Å². The van der Waals surface area contributed by atoms with Crippen molar-refractivity contribution in [1.82, 2.24) is 10.2 Å². The number of hydrogen-bond donors (Lipinski definition) is 3. The third kappa shape index (κ3) is 5.56. The molecule has 0 aromatic heterocycles. The Bertz CT molecular complexity index is 440. The Hall–Kier alpha value is -1.51. The van der Waals surface area contributed by atoms with Crippen molar-refractivity contribution < 1.29 is 33.0 Å². The highest BCUT2D eigenvalue weighted by Gasteiger charge is 2.53. The number of carboxylic acid groups (broad SMARTS) is 1. The largest absolute Gasteiger partial charge is 0.481 e. The van der Waals surface area contributed by atoms with Crippen LogP contribution in [0.3, 0.4) is 0 Å². The van der Waals surface area contributed by atoms with Gasteiger partial charge in [0.1, 0.15) is 0 Å². The normalized spacial score (nSPS) is 22.3. The first-order valence-corrected chi connectivity index (χ1v) is 7.41. The molecule has 0 spiro atoms. The molecule has 1 fully saturated rings. The number of amides is 2. The van der Waals surface area contributed by atoms with Gasteiger partial charge in [0.05, 0.1) is 11.8 Å². The molecule has 0 bridgehead atoms. The van der Waals surface area contributed by atoms with Crippen molar-refractivity contribution in [1.29, 1.82) is 0 Å². The Morgan fingerprint density at radius 2 is 1.87 bits per heavy atom. The van der Waals surface area contributed by atoms with Gasteiger partial charge in [-0.15, -0.1) is 0 Å². The van der Waals surface area contributed by atoms with Gasteiger partial charge in [-0.25, -0.2) is 4.79 Å². The van der Waals surface area contributed by atoms with Crippen molar-refractivity contribution in [3.05, 3.63) is 0 Å². The minimum atomic E-state index is -4.65. The number of nitrogens with one attached hydrogen (secondary N) is 1. The summed E-state index contributed by atoms with van der Waals surface area (Å²) >= 11 is 0. The summed E-state index contributed by atoms with van der Waals surface area (Å²) in [6.45, 7) is 2.89. The number of carboxylic acids is 1. The summed E-state index contributed by atoms with van der Waals surface area (Å²) in [6, 6.07) is -0.694. The van der Waals surface area contributed by atoms with Crippen LogP contribution < -0.4 is 5.32 Å². The second-order valence-electron chi connectivity index (χ2n) is 6.65. The van der Waals surface area contributed by atoms with Crippen molar-refractivity contribution in [2.24, 2.45) is 17.3 Å². The number of hydrogen-bond acceptors (Lipinski definition) is 3. The van der Waals surface area contributed by atoms with Crippen LogP contribution >= 0.6 is 0 Å². The molecule has 0 saturated carbocycles. The predicted octanol–water partition coefficient (Wildman–Crippen LogP) is 1.69. The van der Waals surface area contributed by atoms with E-state index in [1.54, 1.807) is 0 Å². The molecular formula is C14H23F3N2O4. The van der Waals surface area contributed by atoms with Crippen LogP contribution in [-0.4, -0.2) is 59.5 Å². The van der Waals surface area contributed by atoms with Crippen molar-refractivity contribution >= 4 is 12.0 Å². The van der Waals surface area contributed by atoms with E-state index < -0.39 is 43.1 Å². The lowest BCUT2D eigenvalue weighted by Gasteiger charge is -2.26. The van der Waals surface area contributed by atoms with E-state index in [0.717, 1.165) is 4.90 Å². The first-order valence-electron chi connectivity index (χ1n) is 7.41. The van der Waals surface area contributed by atoms with E-state index in [0.29, 0.717) is 12.8 Å². The lowest BCUT2D eigenvalue weighted by molar-refractivity contribution is -0.187. The maximum absolute atomic E-state index is 12.9. The molecule has 0 unspecified atom stereocenters. The van der Waals surface area contributed by atoms with Gasteiger partial charge in [0.15, 0.2) is 0 Å². The predicted molar refractivity (Wildman–Crippen MR) is 75.7 cm³/mol. The van der Waals surface area contributed by atoms with Crippen molar-refractivity contribution in [3.8, 4) is 0 Å². The van der Waals surface area contributed by atoms with Crippen LogP contribution in [0.4, 0.5) is 18.0 Å².